The second-order valence-electron chi connectivity index (χ2n) is 6.05. The number of carbonyl (C=O) groups is 4. The molecule has 1 saturated carbocycles. The number of hydrogen-bond donors (Lipinski definition) is 4. The highest BCUT2D eigenvalue weighted by atomic mass is 16.4. The number of rotatable bonds is 8. The highest BCUT2D eigenvalue weighted by Crippen LogP contribution is 2.38. The van der Waals surface area contributed by atoms with Crippen molar-refractivity contribution in [3.63, 3.8) is 0 Å². The molecule has 9 heteroatoms. The second kappa shape index (κ2) is 7.40. The van der Waals surface area contributed by atoms with Crippen LogP contribution in [-0.4, -0.2) is 74.0 Å². The van der Waals surface area contributed by atoms with Crippen molar-refractivity contribution < 1.29 is 44.1 Å². The molecule has 0 amide bonds. The van der Waals surface area contributed by atoms with E-state index in [0.29, 0.717) is 12.8 Å². The van der Waals surface area contributed by atoms with Gasteiger partial charge in [-0.25, -0.2) is 19.2 Å². The third-order valence-corrected chi connectivity index (χ3v) is 4.55. The van der Waals surface area contributed by atoms with E-state index in [2.05, 4.69) is 0 Å². The molecule has 0 atom stereocenters. The first kappa shape index (κ1) is 18.9. The Bertz CT molecular complexity index is 452. The highest BCUT2D eigenvalue weighted by Gasteiger charge is 2.59. The van der Waals surface area contributed by atoms with E-state index in [9.17, 15) is 39.6 Å². The fourth-order valence-corrected chi connectivity index (χ4v) is 3.60. The molecule has 0 bridgehead atoms. The van der Waals surface area contributed by atoms with Crippen molar-refractivity contribution in [3.8, 4) is 0 Å². The Morgan fingerprint density at radius 2 is 1.04 bits per heavy atom. The molecule has 0 aliphatic heterocycles. The van der Waals surface area contributed by atoms with Crippen LogP contribution >= 0.6 is 0 Å². The van der Waals surface area contributed by atoms with Gasteiger partial charge in [-0.1, -0.05) is 12.8 Å². The van der Waals surface area contributed by atoms with E-state index in [1.807, 2.05) is 0 Å². The van der Waals surface area contributed by atoms with E-state index in [1.54, 1.807) is 0 Å². The standard InChI is InChI=1S/C14H21NO8/c16-10(17)7-15(8-11(18)19,9-12(20)21)14(13(22)23)5-3-1-2-4-6-14/h1-9H2,(H3-,16,17,18,19,20,21,22,23)/p+1. The van der Waals surface area contributed by atoms with Crippen LogP contribution in [0, 0.1) is 0 Å². The first-order valence-electron chi connectivity index (χ1n) is 7.40. The van der Waals surface area contributed by atoms with Gasteiger partial charge in [0.1, 0.15) is 0 Å². The van der Waals surface area contributed by atoms with Crippen molar-refractivity contribution in [3.05, 3.63) is 0 Å². The molecule has 0 unspecified atom stereocenters. The summed E-state index contributed by atoms with van der Waals surface area (Å²) >= 11 is 0. The zero-order valence-corrected chi connectivity index (χ0v) is 12.7. The lowest BCUT2D eigenvalue weighted by Gasteiger charge is -2.48. The van der Waals surface area contributed by atoms with Gasteiger partial charge in [-0.05, 0) is 12.8 Å². The third kappa shape index (κ3) is 4.19. The van der Waals surface area contributed by atoms with E-state index in [4.69, 9.17) is 0 Å². The predicted molar refractivity (Wildman–Crippen MR) is 75.8 cm³/mol. The van der Waals surface area contributed by atoms with Crippen LogP contribution in [-0.2, 0) is 19.2 Å². The van der Waals surface area contributed by atoms with Gasteiger partial charge in [-0.15, -0.1) is 0 Å². The summed E-state index contributed by atoms with van der Waals surface area (Å²) in [6, 6.07) is 0. The molecule has 4 N–H and O–H groups in total. The normalized spacial score (nSPS) is 17.9. The van der Waals surface area contributed by atoms with Gasteiger partial charge in [-0.2, -0.15) is 0 Å². The molecular formula is C14H22NO8+. The minimum absolute atomic E-state index is 0.0656. The summed E-state index contributed by atoms with van der Waals surface area (Å²) in [7, 11) is 0. The second-order valence-corrected chi connectivity index (χ2v) is 6.05. The van der Waals surface area contributed by atoms with Crippen LogP contribution in [0.15, 0.2) is 0 Å². The predicted octanol–water partition coefficient (Wildman–Crippen LogP) is 0.235. The molecule has 23 heavy (non-hydrogen) atoms. The van der Waals surface area contributed by atoms with E-state index < -0.39 is 53.5 Å². The fraction of sp³-hybridized carbons (Fsp3) is 0.714. The van der Waals surface area contributed by atoms with Gasteiger partial charge in [0, 0.05) is 12.8 Å². The van der Waals surface area contributed by atoms with Crippen molar-refractivity contribution in [2.45, 2.75) is 44.1 Å². The fourth-order valence-electron chi connectivity index (χ4n) is 3.60. The van der Waals surface area contributed by atoms with Gasteiger partial charge < -0.3 is 20.4 Å². The maximum absolute atomic E-state index is 12.0. The van der Waals surface area contributed by atoms with Crippen LogP contribution < -0.4 is 0 Å². The summed E-state index contributed by atoms with van der Waals surface area (Å²) in [5.41, 5.74) is -1.72. The zero-order valence-electron chi connectivity index (χ0n) is 12.7. The highest BCUT2D eigenvalue weighted by molar-refractivity contribution is 5.80. The molecule has 0 aromatic rings. The molecular weight excluding hydrogens is 310 g/mol. The minimum Gasteiger partial charge on any atom is -0.477 e. The first-order chi connectivity index (χ1) is 10.6. The molecule has 1 fully saturated rings. The molecule has 0 saturated heterocycles. The van der Waals surface area contributed by atoms with Crippen LogP contribution in [0.25, 0.3) is 0 Å². The number of hydrogen-bond acceptors (Lipinski definition) is 4. The van der Waals surface area contributed by atoms with E-state index in [0.717, 1.165) is 12.8 Å². The molecule has 0 heterocycles. The summed E-state index contributed by atoms with van der Waals surface area (Å²) in [5, 5.41) is 37.3. The maximum atomic E-state index is 12.0. The summed E-state index contributed by atoms with van der Waals surface area (Å²) in [5.74, 6) is -5.59. The number of quaternary nitrogens is 1. The van der Waals surface area contributed by atoms with Crippen LogP contribution in [0.1, 0.15) is 38.5 Å². The van der Waals surface area contributed by atoms with E-state index >= 15 is 0 Å². The molecule has 0 aromatic carbocycles. The van der Waals surface area contributed by atoms with Crippen molar-refractivity contribution in [2.75, 3.05) is 19.6 Å². The van der Waals surface area contributed by atoms with Gasteiger partial charge in [0.05, 0.1) is 0 Å². The number of nitrogens with zero attached hydrogens (tertiary/aromatic N) is 1. The molecule has 130 valence electrons. The number of carboxylic acids is 4. The molecule has 0 spiro atoms. The number of carboxylic acid groups (broad SMARTS) is 4. The average molecular weight is 332 g/mol. The quantitative estimate of drug-likeness (QED) is 0.364. The van der Waals surface area contributed by atoms with Crippen molar-refractivity contribution in [2.24, 2.45) is 0 Å². The Labute approximate surface area is 132 Å². The van der Waals surface area contributed by atoms with Crippen molar-refractivity contribution >= 4 is 23.9 Å². The van der Waals surface area contributed by atoms with Crippen molar-refractivity contribution in [1.82, 2.24) is 0 Å². The Hall–Kier alpha value is -2.16. The maximum Gasteiger partial charge on any atom is 0.365 e. The van der Waals surface area contributed by atoms with Gasteiger partial charge >= 0.3 is 23.9 Å². The Morgan fingerprint density at radius 3 is 1.30 bits per heavy atom. The molecule has 9 nitrogen and oxygen atoms in total. The Kier molecular flexibility index (Phi) is 6.08. The average Bonchev–Trinajstić information content (AvgIpc) is 2.62. The minimum atomic E-state index is -1.72. The third-order valence-electron chi connectivity index (χ3n) is 4.55. The Balaban J connectivity index is 3.50. The largest absolute Gasteiger partial charge is 0.477 e. The lowest BCUT2D eigenvalue weighted by Crippen LogP contribution is -2.72. The smallest absolute Gasteiger partial charge is 0.365 e. The van der Waals surface area contributed by atoms with Gasteiger partial charge in [0.2, 0.25) is 0 Å². The monoisotopic (exact) mass is 332 g/mol. The van der Waals surface area contributed by atoms with Crippen LogP contribution in [0.4, 0.5) is 0 Å². The molecule has 1 aliphatic rings. The first-order valence-corrected chi connectivity index (χ1v) is 7.40. The molecule has 1 rings (SSSR count). The topological polar surface area (TPSA) is 149 Å². The summed E-state index contributed by atoms with van der Waals surface area (Å²) in [6.07, 6.45) is 2.62. The van der Waals surface area contributed by atoms with Crippen LogP contribution in [0.2, 0.25) is 0 Å². The van der Waals surface area contributed by atoms with Crippen LogP contribution in [0.3, 0.4) is 0 Å². The van der Waals surface area contributed by atoms with Gasteiger partial charge in [-0.3, -0.25) is 4.48 Å². The van der Waals surface area contributed by atoms with Crippen LogP contribution in [0.5, 0.6) is 0 Å². The summed E-state index contributed by atoms with van der Waals surface area (Å²) < 4.78 is -1.01. The lowest BCUT2D eigenvalue weighted by atomic mass is 9.84. The molecule has 0 radical (unpaired) electrons. The Morgan fingerprint density at radius 1 is 0.696 bits per heavy atom. The summed E-state index contributed by atoms with van der Waals surface area (Å²) in [6.45, 7) is -2.57. The zero-order chi connectivity index (χ0) is 17.7. The van der Waals surface area contributed by atoms with E-state index in [1.165, 1.54) is 0 Å². The molecule has 1 aliphatic carbocycles. The van der Waals surface area contributed by atoms with Gasteiger partial charge in [0.15, 0.2) is 25.2 Å². The summed E-state index contributed by atoms with van der Waals surface area (Å²) in [4.78, 5) is 45.9. The lowest BCUT2D eigenvalue weighted by molar-refractivity contribution is -0.949. The SMILES string of the molecule is O=C(O)C[N+](CC(=O)O)(CC(=O)O)C1(C(=O)O)CCCCCC1. The van der Waals surface area contributed by atoms with Crippen molar-refractivity contribution in [1.29, 1.82) is 0 Å². The number of aliphatic carboxylic acids is 4. The van der Waals surface area contributed by atoms with E-state index in [-0.39, 0.29) is 12.8 Å². The molecule has 0 aromatic heterocycles. The van der Waals surface area contributed by atoms with Gasteiger partial charge in [0.25, 0.3) is 0 Å².